The normalized spacial score (nSPS) is 17.3. The monoisotopic (exact) mass is 211 g/mol. The van der Waals surface area contributed by atoms with Crippen LogP contribution in [0.5, 0.6) is 0 Å². The number of nitrogens with zero attached hydrogens (tertiary/aromatic N) is 1. The molecule has 0 saturated heterocycles. The maximum Gasteiger partial charge on any atom is 0.0922 e. The SMILES string of the molecule is CCC(C)C(C)(O)CNCc1cnc[nH]1. The number of aromatic amines is 1. The minimum Gasteiger partial charge on any atom is -0.389 e. The van der Waals surface area contributed by atoms with Crippen LogP contribution >= 0.6 is 0 Å². The van der Waals surface area contributed by atoms with Gasteiger partial charge in [-0.15, -0.1) is 0 Å². The lowest BCUT2D eigenvalue weighted by Crippen LogP contribution is -2.42. The third-order valence-corrected chi connectivity index (χ3v) is 3.03. The van der Waals surface area contributed by atoms with E-state index in [4.69, 9.17) is 0 Å². The summed E-state index contributed by atoms with van der Waals surface area (Å²) in [5.74, 6) is 0.298. The van der Waals surface area contributed by atoms with Crippen LogP contribution < -0.4 is 5.32 Å². The molecule has 0 amide bonds. The minimum absolute atomic E-state index is 0.298. The van der Waals surface area contributed by atoms with Crippen LogP contribution in [0.25, 0.3) is 0 Å². The third kappa shape index (κ3) is 3.64. The third-order valence-electron chi connectivity index (χ3n) is 3.03. The maximum atomic E-state index is 10.1. The highest BCUT2D eigenvalue weighted by Crippen LogP contribution is 2.18. The van der Waals surface area contributed by atoms with Gasteiger partial charge in [-0.05, 0) is 12.8 Å². The topological polar surface area (TPSA) is 60.9 Å². The summed E-state index contributed by atoms with van der Waals surface area (Å²) in [6.45, 7) is 7.35. The fourth-order valence-electron chi connectivity index (χ4n) is 1.45. The molecule has 2 atom stereocenters. The predicted octanol–water partition coefficient (Wildman–Crippen LogP) is 1.30. The summed E-state index contributed by atoms with van der Waals surface area (Å²) in [7, 11) is 0. The standard InChI is InChI=1S/C11H21N3O/c1-4-9(2)11(3,15)7-12-5-10-6-13-8-14-10/h6,8-9,12,15H,4-5,7H2,1-3H3,(H,13,14). The summed E-state index contributed by atoms with van der Waals surface area (Å²) in [6, 6.07) is 0. The Labute approximate surface area is 91.1 Å². The molecule has 15 heavy (non-hydrogen) atoms. The molecule has 86 valence electrons. The number of nitrogens with one attached hydrogen (secondary N) is 2. The van der Waals surface area contributed by atoms with E-state index in [0.717, 1.165) is 12.1 Å². The number of H-pyrrole nitrogens is 1. The second-order valence-corrected chi connectivity index (χ2v) is 4.35. The number of aromatic nitrogens is 2. The van der Waals surface area contributed by atoms with Gasteiger partial charge in [-0.25, -0.2) is 4.98 Å². The van der Waals surface area contributed by atoms with E-state index in [1.807, 2.05) is 6.92 Å². The smallest absolute Gasteiger partial charge is 0.0922 e. The van der Waals surface area contributed by atoms with Gasteiger partial charge in [-0.3, -0.25) is 0 Å². The molecule has 2 unspecified atom stereocenters. The Hall–Kier alpha value is -0.870. The van der Waals surface area contributed by atoms with E-state index >= 15 is 0 Å². The van der Waals surface area contributed by atoms with Gasteiger partial charge in [-0.1, -0.05) is 20.3 Å². The first kappa shape index (κ1) is 12.2. The second-order valence-electron chi connectivity index (χ2n) is 4.35. The zero-order chi connectivity index (χ0) is 11.3. The first-order valence-corrected chi connectivity index (χ1v) is 5.46. The van der Waals surface area contributed by atoms with Gasteiger partial charge >= 0.3 is 0 Å². The van der Waals surface area contributed by atoms with Crippen molar-refractivity contribution in [2.75, 3.05) is 6.54 Å². The van der Waals surface area contributed by atoms with Crippen LogP contribution in [0.15, 0.2) is 12.5 Å². The molecule has 0 radical (unpaired) electrons. The summed E-state index contributed by atoms with van der Waals surface area (Å²) in [5.41, 5.74) is 0.393. The molecule has 0 aromatic carbocycles. The van der Waals surface area contributed by atoms with Crippen molar-refractivity contribution in [1.82, 2.24) is 15.3 Å². The zero-order valence-electron chi connectivity index (χ0n) is 9.75. The predicted molar refractivity (Wildman–Crippen MR) is 60.4 cm³/mol. The molecule has 0 aliphatic heterocycles. The molecule has 0 aliphatic rings. The molecule has 0 aliphatic carbocycles. The Morgan fingerprint density at radius 2 is 2.40 bits per heavy atom. The van der Waals surface area contributed by atoms with Crippen molar-refractivity contribution >= 4 is 0 Å². The van der Waals surface area contributed by atoms with Crippen LogP contribution in [-0.2, 0) is 6.54 Å². The van der Waals surface area contributed by atoms with E-state index in [2.05, 4.69) is 29.1 Å². The molecule has 4 heteroatoms. The highest BCUT2D eigenvalue weighted by Gasteiger charge is 2.26. The maximum absolute atomic E-state index is 10.1. The Morgan fingerprint density at radius 3 is 2.93 bits per heavy atom. The van der Waals surface area contributed by atoms with Crippen molar-refractivity contribution in [2.24, 2.45) is 5.92 Å². The molecule has 4 nitrogen and oxygen atoms in total. The van der Waals surface area contributed by atoms with Gasteiger partial charge in [0, 0.05) is 25.0 Å². The number of imidazole rings is 1. The van der Waals surface area contributed by atoms with Gasteiger partial charge in [0.1, 0.15) is 0 Å². The Balaban J connectivity index is 2.30. The summed E-state index contributed by atoms with van der Waals surface area (Å²) in [6.07, 6.45) is 4.42. The molecule has 0 saturated carbocycles. The number of hydrogen-bond donors (Lipinski definition) is 3. The van der Waals surface area contributed by atoms with E-state index in [0.29, 0.717) is 19.0 Å². The van der Waals surface area contributed by atoms with Gasteiger partial charge in [0.2, 0.25) is 0 Å². The zero-order valence-corrected chi connectivity index (χ0v) is 9.75. The van der Waals surface area contributed by atoms with Crippen LogP contribution in [0.2, 0.25) is 0 Å². The summed E-state index contributed by atoms with van der Waals surface area (Å²) >= 11 is 0. The van der Waals surface area contributed by atoms with Crippen LogP contribution in [0.4, 0.5) is 0 Å². The van der Waals surface area contributed by atoms with Crippen LogP contribution in [-0.4, -0.2) is 27.2 Å². The Kier molecular flexibility index (Phi) is 4.29. The highest BCUT2D eigenvalue weighted by atomic mass is 16.3. The molecule has 0 spiro atoms. The minimum atomic E-state index is -0.644. The first-order valence-electron chi connectivity index (χ1n) is 5.46. The first-order chi connectivity index (χ1) is 7.06. The molecular formula is C11H21N3O. The number of rotatable bonds is 6. The van der Waals surface area contributed by atoms with Crippen molar-refractivity contribution in [1.29, 1.82) is 0 Å². The van der Waals surface area contributed by atoms with E-state index in [1.54, 1.807) is 12.5 Å². The molecule has 3 N–H and O–H groups in total. The summed E-state index contributed by atoms with van der Waals surface area (Å²) in [5, 5.41) is 13.3. The fourth-order valence-corrected chi connectivity index (χ4v) is 1.45. The average molecular weight is 211 g/mol. The van der Waals surface area contributed by atoms with Gasteiger partial charge in [0.15, 0.2) is 0 Å². The molecule has 0 bridgehead atoms. The van der Waals surface area contributed by atoms with Gasteiger partial charge in [0.05, 0.1) is 11.9 Å². The molecule has 1 aromatic heterocycles. The van der Waals surface area contributed by atoms with E-state index in [9.17, 15) is 5.11 Å². The van der Waals surface area contributed by atoms with Gasteiger partial charge in [-0.2, -0.15) is 0 Å². The van der Waals surface area contributed by atoms with Crippen LogP contribution in [0.3, 0.4) is 0 Å². The fraction of sp³-hybridized carbons (Fsp3) is 0.727. The lowest BCUT2D eigenvalue weighted by molar-refractivity contribution is 0.00529. The summed E-state index contributed by atoms with van der Waals surface area (Å²) in [4.78, 5) is 6.94. The average Bonchev–Trinajstić information content (AvgIpc) is 2.69. The van der Waals surface area contributed by atoms with Crippen molar-refractivity contribution in [3.05, 3.63) is 18.2 Å². The molecule has 0 fully saturated rings. The Bertz CT molecular complexity index is 269. The van der Waals surface area contributed by atoms with E-state index in [-0.39, 0.29) is 0 Å². The molecule has 1 heterocycles. The second kappa shape index (κ2) is 5.28. The van der Waals surface area contributed by atoms with Crippen molar-refractivity contribution in [3.8, 4) is 0 Å². The lowest BCUT2D eigenvalue weighted by atomic mass is 9.89. The Morgan fingerprint density at radius 1 is 1.67 bits per heavy atom. The van der Waals surface area contributed by atoms with Gasteiger partial charge < -0.3 is 15.4 Å². The molecular weight excluding hydrogens is 190 g/mol. The largest absolute Gasteiger partial charge is 0.389 e. The lowest BCUT2D eigenvalue weighted by Gasteiger charge is -2.29. The van der Waals surface area contributed by atoms with Crippen molar-refractivity contribution in [3.63, 3.8) is 0 Å². The highest BCUT2D eigenvalue weighted by molar-refractivity contribution is 4.94. The quantitative estimate of drug-likeness (QED) is 0.664. The summed E-state index contributed by atoms with van der Waals surface area (Å²) < 4.78 is 0. The van der Waals surface area contributed by atoms with Crippen molar-refractivity contribution < 1.29 is 5.11 Å². The van der Waals surface area contributed by atoms with Gasteiger partial charge in [0.25, 0.3) is 0 Å². The number of hydrogen-bond acceptors (Lipinski definition) is 3. The number of aliphatic hydroxyl groups is 1. The van der Waals surface area contributed by atoms with Crippen molar-refractivity contribution in [2.45, 2.75) is 39.3 Å². The molecule has 1 rings (SSSR count). The molecule has 1 aromatic rings. The van der Waals surface area contributed by atoms with E-state index < -0.39 is 5.60 Å². The van der Waals surface area contributed by atoms with E-state index in [1.165, 1.54) is 0 Å². The van der Waals surface area contributed by atoms with Crippen LogP contribution in [0, 0.1) is 5.92 Å². The van der Waals surface area contributed by atoms with Crippen LogP contribution in [0.1, 0.15) is 32.9 Å².